The molecule has 0 bridgehead atoms. The molecule has 0 N–H and O–H groups in total. The molecule has 0 amide bonds. The Morgan fingerprint density at radius 1 is 0.617 bits per heavy atom. The van der Waals surface area contributed by atoms with Crippen molar-refractivity contribution < 1.29 is 53.0 Å². The van der Waals surface area contributed by atoms with Crippen molar-refractivity contribution in [2.45, 2.75) is 19.2 Å². The fourth-order valence-corrected chi connectivity index (χ4v) is 4.52. The lowest BCUT2D eigenvalue weighted by Gasteiger charge is -2.20. The molecule has 0 aliphatic carbocycles. The van der Waals surface area contributed by atoms with Crippen LogP contribution in [-0.4, -0.2) is 6.18 Å². The lowest BCUT2D eigenvalue weighted by molar-refractivity contribution is -0.189. The highest BCUT2D eigenvalue weighted by molar-refractivity contribution is 5.89. The van der Waals surface area contributed by atoms with Gasteiger partial charge in [0, 0.05) is 28.5 Å². The van der Waals surface area contributed by atoms with Gasteiger partial charge in [0.05, 0.1) is 11.1 Å². The number of hydrogen-bond acceptors (Lipinski definition) is 1. The summed E-state index contributed by atoms with van der Waals surface area (Å²) in [5, 5.41) is -0.505. The smallest absolute Gasteiger partial charge is 0.429 e. The van der Waals surface area contributed by atoms with Crippen molar-refractivity contribution in [3.63, 3.8) is 0 Å². The van der Waals surface area contributed by atoms with Gasteiger partial charge in [-0.25, -0.2) is 26.3 Å². The van der Waals surface area contributed by atoms with Crippen molar-refractivity contribution in [1.29, 1.82) is 0 Å². The van der Waals surface area contributed by atoms with Crippen LogP contribution in [0.4, 0.5) is 48.3 Å². The maximum atomic E-state index is 15.0. The van der Waals surface area contributed by atoms with E-state index in [0.717, 1.165) is 36.3 Å². The van der Waals surface area contributed by atoms with Crippen molar-refractivity contribution in [2.24, 2.45) is 0 Å². The molecule has 1 nitrogen and oxygen atoms in total. The predicted molar refractivity (Wildman–Crippen MR) is 150 cm³/mol. The van der Waals surface area contributed by atoms with Gasteiger partial charge in [0.15, 0.2) is 0 Å². The Balaban J connectivity index is 1.40. The molecule has 0 aliphatic rings. The largest absolute Gasteiger partial charge is 0.458 e. The summed E-state index contributed by atoms with van der Waals surface area (Å²) in [5.41, 5.74) is -3.07. The Bertz CT molecular complexity index is 2160. The molecule has 5 aromatic rings. The minimum Gasteiger partial charge on any atom is -0.429 e. The number of fused-ring (bicyclic) bond motifs is 1. The van der Waals surface area contributed by atoms with Gasteiger partial charge in [-0.1, -0.05) is 36.0 Å². The summed E-state index contributed by atoms with van der Waals surface area (Å²) >= 11 is 0. The molecule has 5 aromatic carbocycles. The number of rotatable bonds is 4. The van der Waals surface area contributed by atoms with Crippen molar-refractivity contribution >= 4 is 10.8 Å². The van der Waals surface area contributed by atoms with Crippen molar-refractivity contribution in [2.75, 3.05) is 0 Å². The standard InChI is InChI=1S/C35H15F11O/c1-18-2-4-20(27(36)12-18)5-3-19-13-30(39)32(31(40)14-19)35(45,46)47-23-7-9-24(29(38)17-23)21-6-8-25-22(15-21)16-28(37)26(33(25)41)10-11-34(42,43)44/h2,4,6-9,12-17H,1H3. The first-order valence-corrected chi connectivity index (χ1v) is 13.2. The van der Waals surface area contributed by atoms with Crippen LogP contribution in [0.1, 0.15) is 27.8 Å². The van der Waals surface area contributed by atoms with Crippen molar-refractivity contribution in [3.8, 4) is 40.6 Å². The van der Waals surface area contributed by atoms with E-state index in [4.69, 9.17) is 0 Å². The zero-order valence-electron chi connectivity index (χ0n) is 23.5. The SMILES string of the molecule is Cc1ccc(C#Cc2cc(F)c(C(F)(F)Oc3ccc(-c4ccc5c(F)c(C#CC(F)(F)F)c(F)cc5c4)c(F)c3)c(F)c2)c(F)c1. The van der Waals surface area contributed by atoms with Crippen LogP contribution in [0.25, 0.3) is 21.9 Å². The van der Waals surface area contributed by atoms with Gasteiger partial charge in [0.1, 0.15) is 46.2 Å². The van der Waals surface area contributed by atoms with E-state index in [2.05, 4.69) is 16.6 Å². The van der Waals surface area contributed by atoms with E-state index < -0.39 is 64.1 Å². The summed E-state index contributed by atoms with van der Waals surface area (Å²) in [5.74, 6) is -2.15. The molecular formula is C35H15F11O. The van der Waals surface area contributed by atoms with Crippen LogP contribution >= 0.6 is 0 Å². The van der Waals surface area contributed by atoms with Crippen LogP contribution < -0.4 is 4.74 Å². The van der Waals surface area contributed by atoms with Crippen molar-refractivity contribution in [3.05, 3.63) is 136 Å². The molecule has 5 rings (SSSR count). The van der Waals surface area contributed by atoms with Crippen LogP contribution in [0.15, 0.2) is 72.8 Å². The normalized spacial score (nSPS) is 11.5. The highest BCUT2D eigenvalue weighted by Crippen LogP contribution is 2.37. The molecule has 0 unspecified atom stereocenters. The van der Waals surface area contributed by atoms with Gasteiger partial charge in [-0.05, 0) is 72.0 Å². The minimum atomic E-state index is -5.00. The number of halogens is 11. The van der Waals surface area contributed by atoms with Gasteiger partial charge >= 0.3 is 12.3 Å². The second kappa shape index (κ2) is 12.4. The van der Waals surface area contributed by atoms with Crippen LogP contribution in [0, 0.1) is 65.5 Å². The van der Waals surface area contributed by atoms with Gasteiger partial charge in [0.25, 0.3) is 0 Å². The van der Waals surface area contributed by atoms with Gasteiger partial charge in [-0.15, -0.1) is 0 Å². The van der Waals surface area contributed by atoms with E-state index in [9.17, 15) is 43.9 Å². The highest BCUT2D eigenvalue weighted by atomic mass is 19.4. The molecule has 0 aliphatic heterocycles. The molecule has 12 heteroatoms. The second-order valence-corrected chi connectivity index (χ2v) is 10.0. The van der Waals surface area contributed by atoms with Crippen LogP contribution in [-0.2, 0) is 6.11 Å². The Kier molecular flexibility index (Phi) is 8.65. The molecule has 0 aromatic heterocycles. The average molecular weight is 660 g/mol. The molecule has 0 radical (unpaired) electrons. The highest BCUT2D eigenvalue weighted by Gasteiger charge is 2.41. The summed E-state index contributed by atoms with van der Waals surface area (Å²) in [6, 6.07) is 11.3. The van der Waals surface area contributed by atoms with E-state index in [-0.39, 0.29) is 33.0 Å². The second-order valence-electron chi connectivity index (χ2n) is 10.0. The van der Waals surface area contributed by atoms with E-state index in [1.807, 2.05) is 0 Å². The molecule has 0 fully saturated rings. The lowest BCUT2D eigenvalue weighted by Crippen LogP contribution is -2.25. The average Bonchev–Trinajstić information content (AvgIpc) is 2.95. The molecule has 0 saturated heterocycles. The topological polar surface area (TPSA) is 9.23 Å². The Labute approximate surface area is 259 Å². The minimum absolute atomic E-state index is 0.0134. The summed E-state index contributed by atoms with van der Waals surface area (Å²) in [6.45, 7) is 1.63. The van der Waals surface area contributed by atoms with Gasteiger partial charge in [0.2, 0.25) is 0 Å². The fraction of sp³-hybridized carbons (Fsp3) is 0.0857. The monoisotopic (exact) mass is 660 g/mol. The first-order valence-electron chi connectivity index (χ1n) is 13.2. The molecule has 0 saturated carbocycles. The number of hydrogen-bond donors (Lipinski definition) is 0. The summed E-state index contributed by atoms with van der Waals surface area (Å²) in [7, 11) is 0. The summed E-state index contributed by atoms with van der Waals surface area (Å²) in [6.07, 6.45) is -9.65. The number of aryl methyl sites for hydroxylation is 1. The maximum Gasteiger partial charge on any atom is 0.458 e. The van der Waals surface area contributed by atoms with E-state index in [1.54, 1.807) is 13.0 Å². The Morgan fingerprint density at radius 2 is 1.32 bits per heavy atom. The zero-order chi connectivity index (χ0) is 34.3. The van der Waals surface area contributed by atoms with Gasteiger partial charge in [-0.3, -0.25) is 0 Å². The predicted octanol–water partition coefficient (Wildman–Crippen LogP) is 10.1. The number of ether oxygens (including phenoxy) is 1. The molecule has 0 heterocycles. The first kappa shape index (κ1) is 32.9. The Hall–Kier alpha value is -5.49. The summed E-state index contributed by atoms with van der Waals surface area (Å²) in [4.78, 5) is 0. The summed E-state index contributed by atoms with van der Waals surface area (Å²) < 4.78 is 159. The van der Waals surface area contributed by atoms with Gasteiger partial charge in [-0.2, -0.15) is 22.0 Å². The molecule has 238 valence electrons. The van der Waals surface area contributed by atoms with E-state index in [0.29, 0.717) is 29.8 Å². The maximum absolute atomic E-state index is 15.0. The van der Waals surface area contributed by atoms with Crippen LogP contribution in [0.3, 0.4) is 0 Å². The molecule has 47 heavy (non-hydrogen) atoms. The fourth-order valence-electron chi connectivity index (χ4n) is 4.52. The third kappa shape index (κ3) is 7.17. The zero-order valence-corrected chi connectivity index (χ0v) is 23.5. The number of alkyl halides is 5. The van der Waals surface area contributed by atoms with Crippen molar-refractivity contribution in [1.82, 2.24) is 0 Å². The molecule has 0 spiro atoms. The first-order chi connectivity index (χ1) is 22.0. The van der Waals surface area contributed by atoms with E-state index >= 15 is 4.39 Å². The van der Waals surface area contributed by atoms with Gasteiger partial charge < -0.3 is 4.74 Å². The molecule has 0 atom stereocenters. The van der Waals surface area contributed by atoms with Crippen LogP contribution in [0.5, 0.6) is 5.75 Å². The van der Waals surface area contributed by atoms with E-state index in [1.165, 1.54) is 18.1 Å². The third-order valence-corrected chi connectivity index (χ3v) is 6.65. The Morgan fingerprint density at radius 3 is 1.96 bits per heavy atom. The number of benzene rings is 5. The quantitative estimate of drug-likeness (QED) is 0.138. The third-order valence-electron chi connectivity index (χ3n) is 6.65. The lowest BCUT2D eigenvalue weighted by atomic mass is 9.98. The van der Waals surface area contributed by atoms with Crippen LogP contribution in [0.2, 0.25) is 0 Å². The molecular weight excluding hydrogens is 645 g/mol.